The Kier molecular flexibility index (Phi) is 8.47. The van der Waals surface area contributed by atoms with Crippen LogP contribution in [-0.4, -0.2) is 23.7 Å². The monoisotopic (exact) mass is 519 g/mol. The lowest BCUT2D eigenvalue weighted by molar-refractivity contribution is 0.0696. The van der Waals surface area contributed by atoms with Gasteiger partial charge in [0.15, 0.2) is 0 Å². The molecule has 1 heterocycles. The van der Waals surface area contributed by atoms with Crippen molar-refractivity contribution in [1.82, 2.24) is 5.32 Å². The fraction of sp³-hybridized carbons (Fsp3) is 0.258. The van der Waals surface area contributed by atoms with Gasteiger partial charge in [-0.25, -0.2) is 9.18 Å². The average Bonchev–Trinajstić information content (AvgIpc) is 2.91. The summed E-state index contributed by atoms with van der Waals surface area (Å²) in [7, 11) is 0. The summed E-state index contributed by atoms with van der Waals surface area (Å²) in [6.07, 6.45) is 2.78. The molecule has 5 rings (SSSR count). The summed E-state index contributed by atoms with van der Waals surface area (Å²) in [6.45, 7) is 2.94. The van der Waals surface area contributed by atoms with Gasteiger partial charge in [-0.05, 0) is 73.5 Å². The predicted molar refractivity (Wildman–Crippen MR) is 148 cm³/mol. The van der Waals surface area contributed by atoms with Gasteiger partial charge in [0.2, 0.25) is 0 Å². The number of rotatable bonds is 8. The van der Waals surface area contributed by atoms with Gasteiger partial charge in [-0.1, -0.05) is 60.7 Å². The average molecular weight is 520 g/mol. The molecule has 0 aliphatic carbocycles. The molecule has 6 heteroatoms. The number of aromatic carboxylic acids is 1. The van der Waals surface area contributed by atoms with Gasteiger partial charge >= 0.3 is 5.97 Å². The molecule has 3 atom stereocenters. The maximum atomic E-state index is 14.2. The Morgan fingerprint density at radius 3 is 2.46 bits per heavy atom. The molecule has 192 valence electrons. The quantitative estimate of drug-likeness (QED) is 0.236. The summed E-state index contributed by atoms with van der Waals surface area (Å²) < 4.78 is 20.5. The molecule has 0 fully saturated rings. The van der Waals surface area contributed by atoms with Crippen LogP contribution in [0.25, 0.3) is 10.8 Å². The van der Waals surface area contributed by atoms with Crippen molar-refractivity contribution in [3.05, 3.63) is 113 Å². The Hall–Kier alpha value is -3.41. The van der Waals surface area contributed by atoms with E-state index in [1.165, 1.54) is 0 Å². The zero-order chi connectivity index (χ0) is 25.1. The summed E-state index contributed by atoms with van der Waals surface area (Å²) in [5.41, 5.74) is 3.65. The Bertz CT molecular complexity index is 1370. The van der Waals surface area contributed by atoms with Crippen LogP contribution in [0, 0.1) is 5.82 Å². The SMILES string of the molecule is C[C@@H](NCCC[C@H]1C[C@@H](c2ccc(C(=O)O)cc2)c2ccccc2O1)c1ccc(F)c2ccccc12.Cl. The fourth-order valence-corrected chi connectivity index (χ4v) is 5.27. The molecule has 0 amide bonds. The van der Waals surface area contributed by atoms with Crippen LogP contribution >= 0.6 is 12.4 Å². The van der Waals surface area contributed by atoms with Crippen LogP contribution in [0.1, 0.15) is 65.2 Å². The molecule has 1 aliphatic rings. The third kappa shape index (κ3) is 5.79. The number of ether oxygens (including phenoxy) is 1. The lowest BCUT2D eigenvalue weighted by atomic mass is 9.83. The molecule has 0 saturated heterocycles. The highest BCUT2D eigenvalue weighted by molar-refractivity contribution is 5.87. The van der Waals surface area contributed by atoms with Crippen molar-refractivity contribution in [2.24, 2.45) is 0 Å². The second-order valence-corrected chi connectivity index (χ2v) is 9.49. The van der Waals surface area contributed by atoms with E-state index in [4.69, 9.17) is 4.74 Å². The summed E-state index contributed by atoms with van der Waals surface area (Å²) in [5.74, 6) is -0.0361. The van der Waals surface area contributed by atoms with Gasteiger partial charge in [0, 0.05) is 22.9 Å². The number of fused-ring (bicyclic) bond motifs is 2. The Balaban J connectivity index is 0.00000320. The largest absolute Gasteiger partial charge is 0.490 e. The minimum absolute atomic E-state index is 0. The molecule has 0 aromatic heterocycles. The van der Waals surface area contributed by atoms with Crippen LogP contribution in [0.4, 0.5) is 4.39 Å². The van der Waals surface area contributed by atoms with Gasteiger partial charge < -0.3 is 15.2 Å². The van der Waals surface area contributed by atoms with Crippen LogP contribution < -0.4 is 10.1 Å². The first-order chi connectivity index (χ1) is 17.5. The third-order valence-corrected chi connectivity index (χ3v) is 7.17. The molecule has 1 aliphatic heterocycles. The van der Waals surface area contributed by atoms with E-state index in [2.05, 4.69) is 18.3 Å². The molecule has 4 aromatic carbocycles. The van der Waals surface area contributed by atoms with E-state index in [0.717, 1.165) is 53.6 Å². The van der Waals surface area contributed by atoms with Crippen molar-refractivity contribution in [2.75, 3.05) is 6.54 Å². The molecule has 0 unspecified atom stereocenters. The number of halogens is 2. The van der Waals surface area contributed by atoms with E-state index in [-0.39, 0.29) is 36.3 Å². The van der Waals surface area contributed by atoms with E-state index in [0.29, 0.717) is 10.9 Å². The minimum Gasteiger partial charge on any atom is -0.490 e. The number of carboxylic acid groups (broad SMARTS) is 1. The third-order valence-electron chi connectivity index (χ3n) is 7.17. The van der Waals surface area contributed by atoms with Crippen molar-refractivity contribution < 1.29 is 19.0 Å². The number of carbonyl (C=O) groups is 1. The summed E-state index contributed by atoms with van der Waals surface area (Å²) in [6, 6.07) is 26.4. The number of para-hydroxylation sites is 1. The van der Waals surface area contributed by atoms with Crippen molar-refractivity contribution >= 4 is 29.1 Å². The van der Waals surface area contributed by atoms with E-state index >= 15 is 0 Å². The molecule has 2 N–H and O–H groups in total. The van der Waals surface area contributed by atoms with Crippen molar-refractivity contribution in [1.29, 1.82) is 0 Å². The second kappa shape index (κ2) is 11.8. The van der Waals surface area contributed by atoms with Crippen molar-refractivity contribution in [3.8, 4) is 5.75 Å². The summed E-state index contributed by atoms with van der Waals surface area (Å²) in [5, 5.41) is 14.4. The number of carboxylic acids is 1. The maximum absolute atomic E-state index is 14.2. The number of nitrogens with one attached hydrogen (secondary N) is 1. The molecule has 4 nitrogen and oxygen atoms in total. The highest BCUT2D eigenvalue weighted by atomic mass is 35.5. The van der Waals surface area contributed by atoms with Gasteiger partial charge in [0.25, 0.3) is 0 Å². The second-order valence-electron chi connectivity index (χ2n) is 9.49. The molecular weight excluding hydrogens is 489 g/mol. The molecular formula is C31H31ClFNO3. The molecule has 4 aromatic rings. The van der Waals surface area contributed by atoms with Crippen LogP contribution in [0.5, 0.6) is 5.75 Å². The summed E-state index contributed by atoms with van der Waals surface area (Å²) >= 11 is 0. The van der Waals surface area contributed by atoms with Crippen LogP contribution in [-0.2, 0) is 0 Å². The highest BCUT2D eigenvalue weighted by Gasteiger charge is 2.29. The summed E-state index contributed by atoms with van der Waals surface area (Å²) in [4.78, 5) is 11.3. The van der Waals surface area contributed by atoms with Crippen LogP contribution in [0.3, 0.4) is 0 Å². The van der Waals surface area contributed by atoms with Crippen molar-refractivity contribution in [3.63, 3.8) is 0 Å². The number of benzene rings is 4. The Morgan fingerprint density at radius 1 is 1.00 bits per heavy atom. The highest BCUT2D eigenvalue weighted by Crippen LogP contribution is 2.41. The van der Waals surface area contributed by atoms with Gasteiger partial charge in [-0.15, -0.1) is 12.4 Å². The fourth-order valence-electron chi connectivity index (χ4n) is 5.27. The van der Waals surface area contributed by atoms with E-state index < -0.39 is 5.97 Å². The molecule has 0 radical (unpaired) electrons. The lowest BCUT2D eigenvalue weighted by Gasteiger charge is -2.33. The van der Waals surface area contributed by atoms with E-state index in [9.17, 15) is 14.3 Å². The van der Waals surface area contributed by atoms with Crippen LogP contribution in [0.15, 0.2) is 84.9 Å². The van der Waals surface area contributed by atoms with E-state index in [1.807, 2.05) is 60.7 Å². The first-order valence-electron chi connectivity index (χ1n) is 12.5. The first kappa shape index (κ1) is 26.6. The Labute approximate surface area is 222 Å². The standard InChI is InChI=1S/C31H30FNO3.ClH/c1-20(24-16-17-29(32)26-9-3-2-8-25(24)26)33-18-6-7-23-19-28(27-10-4-5-11-30(27)36-23)21-12-14-22(15-13-21)31(34)35;/h2-5,8-17,20,23,28,33H,6-7,18-19H2,1H3,(H,34,35);1H/t20-,23+,28+;/m1./s1. The number of hydrogen-bond donors (Lipinski definition) is 2. The molecule has 37 heavy (non-hydrogen) atoms. The Morgan fingerprint density at radius 2 is 1.70 bits per heavy atom. The topological polar surface area (TPSA) is 58.6 Å². The molecule has 0 saturated carbocycles. The number of hydrogen-bond acceptors (Lipinski definition) is 3. The maximum Gasteiger partial charge on any atom is 0.335 e. The van der Waals surface area contributed by atoms with Gasteiger partial charge in [0.05, 0.1) is 11.7 Å². The van der Waals surface area contributed by atoms with Gasteiger partial charge in [-0.3, -0.25) is 0 Å². The molecule has 0 bridgehead atoms. The van der Waals surface area contributed by atoms with Gasteiger partial charge in [0.1, 0.15) is 11.6 Å². The molecule has 0 spiro atoms. The normalized spacial score (nSPS) is 17.4. The minimum atomic E-state index is -0.915. The lowest BCUT2D eigenvalue weighted by Crippen LogP contribution is -2.28. The smallest absolute Gasteiger partial charge is 0.335 e. The van der Waals surface area contributed by atoms with E-state index in [1.54, 1.807) is 18.2 Å². The zero-order valence-corrected chi connectivity index (χ0v) is 21.5. The van der Waals surface area contributed by atoms with Crippen molar-refractivity contribution in [2.45, 2.75) is 44.2 Å². The van der Waals surface area contributed by atoms with Gasteiger partial charge in [-0.2, -0.15) is 0 Å². The predicted octanol–water partition coefficient (Wildman–Crippen LogP) is 7.51. The zero-order valence-electron chi connectivity index (χ0n) is 20.7. The first-order valence-corrected chi connectivity index (χ1v) is 12.5. The van der Waals surface area contributed by atoms with Crippen LogP contribution in [0.2, 0.25) is 0 Å².